The van der Waals surface area contributed by atoms with Crippen LogP contribution < -0.4 is 11.1 Å². The second-order valence-electron chi connectivity index (χ2n) is 6.35. The summed E-state index contributed by atoms with van der Waals surface area (Å²) in [7, 11) is 0. The molecule has 2 heterocycles. The van der Waals surface area contributed by atoms with E-state index in [1.807, 2.05) is 6.20 Å². The lowest BCUT2D eigenvalue weighted by atomic mass is 10.0. The van der Waals surface area contributed by atoms with Crippen LogP contribution in [0.15, 0.2) is 30.5 Å². The highest BCUT2D eigenvalue weighted by atomic mass is 35.5. The second kappa shape index (κ2) is 9.37. The van der Waals surface area contributed by atoms with Gasteiger partial charge in [-0.15, -0.1) is 23.7 Å². The van der Waals surface area contributed by atoms with Crippen LogP contribution in [0, 0.1) is 0 Å². The first kappa shape index (κ1) is 19.2. The van der Waals surface area contributed by atoms with E-state index in [9.17, 15) is 0 Å². The van der Waals surface area contributed by atoms with Crippen molar-refractivity contribution < 1.29 is 0 Å². The molecule has 0 amide bonds. The van der Waals surface area contributed by atoms with Gasteiger partial charge in [0.25, 0.3) is 0 Å². The van der Waals surface area contributed by atoms with Crippen molar-refractivity contribution in [2.75, 3.05) is 12.3 Å². The number of rotatable bonds is 6. The molecule has 3 rings (SSSR count). The predicted molar refractivity (Wildman–Crippen MR) is 104 cm³/mol. The van der Waals surface area contributed by atoms with Crippen LogP contribution in [0.3, 0.4) is 0 Å². The highest BCUT2D eigenvalue weighted by molar-refractivity contribution is 7.15. The minimum Gasteiger partial charge on any atom is -0.375 e. The molecule has 1 aromatic carbocycles. The van der Waals surface area contributed by atoms with Gasteiger partial charge in [0.15, 0.2) is 5.13 Å². The van der Waals surface area contributed by atoms with E-state index < -0.39 is 0 Å². The molecule has 0 bridgehead atoms. The molecule has 4 nitrogen and oxygen atoms in total. The zero-order chi connectivity index (χ0) is 16.1. The number of halogens is 1. The third-order valence-electron chi connectivity index (χ3n) is 4.62. The van der Waals surface area contributed by atoms with Crippen molar-refractivity contribution in [1.82, 2.24) is 15.2 Å². The number of anilines is 1. The molecule has 6 heteroatoms. The van der Waals surface area contributed by atoms with E-state index in [4.69, 9.17) is 5.73 Å². The molecule has 0 radical (unpaired) electrons. The number of nitrogens with two attached hydrogens (primary N) is 1. The number of hydrogen-bond donors (Lipinski definition) is 2. The second-order valence-corrected chi connectivity index (χ2v) is 7.50. The summed E-state index contributed by atoms with van der Waals surface area (Å²) in [5.74, 6) is 0. The van der Waals surface area contributed by atoms with Crippen molar-refractivity contribution in [3.05, 3.63) is 46.5 Å². The topological polar surface area (TPSA) is 54.2 Å². The summed E-state index contributed by atoms with van der Waals surface area (Å²) < 4.78 is 0. The van der Waals surface area contributed by atoms with Gasteiger partial charge in [0.2, 0.25) is 0 Å². The van der Waals surface area contributed by atoms with Crippen LogP contribution >= 0.6 is 23.7 Å². The lowest BCUT2D eigenvalue weighted by Gasteiger charge is -2.33. The predicted octanol–water partition coefficient (Wildman–Crippen LogP) is 3.81. The van der Waals surface area contributed by atoms with Gasteiger partial charge < -0.3 is 11.1 Å². The molecule has 0 aliphatic carbocycles. The van der Waals surface area contributed by atoms with Gasteiger partial charge in [-0.05, 0) is 37.4 Å². The van der Waals surface area contributed by atoms with Gasteiger partial charge >= 0.3 is 0 Å². The number of nitrogen functional groups attached to an aromatic ring is 1. The van der Waals surface area contributed by atoms with Crippen LogP contribution in [-0.4, -0.2) is 22.5 Å². The minimum atomic E-state index is 0. The van der Waals surface area contributed by atoms with Gasteiger partial charge in [-0.3, -0.25) is 4.90 Å². The normalized spacial score (nSPS) is 18.3. The van der Waals surface area contributed by atoms with Gasteiger partial charge in [-0.2, -0.15) is 0 Å². The van der Waals surface area contributed by atoms with Crippen molar-refractivity contribution in [1.29, 1.82) is 0 Å². The fraction of sp³-hybridized carbons (Fsp3) is 0.500. The molecule has 1 aliphatic heterocycles. The van der Waals surface area contributed by atoms with Crippen molar-refractivity contribution in [3.63, 3.8) is 0 Å². The lowest BCUT2D eigenvalue weighted by molar-refractivity contribution is 0.152. The van der Waals surface area contributed by atoms with Gasteiger partial charge in [-0.1, -0.05) is 30.7 Å². The molecule has 1 atom stereocenters. The van der Waals surface area contributed by atoms with E-state index in [-0.39, 0.29) is 12.4 Å². The molecule has 1 aromatic heterocycles. The number of benzene rings is 1. The fourth-order valence-electron chi connectivity index (χ4n) is 3.22. The maximum atomic E-state index is 5.68. The average molecular weight is 367 g/mol. The largest absolute Gasteiger partial charge is 0.375 e. The van der Waals surface area contributed by atoms with Crippen molar-refractivity contribution in [3.8, 4) is 0 Å². The molecule has 1 fully saturated rings. The Hall–Kier alpha value is -1.14. The first-order valence-electron chi connectivity index (χ1n) is 8.44. The molecule has 2 aromatic rings. The number of nitrogens with zero attached hydrogens (tertiary/aromatic N) is 2. The molecule has 0 spiro atoms. The Morgan fingerprint density at radius 3 is 2.75 bits per heavy atom. The van der Waals surface area contributed by atoms with E-state index in [0.717, 1.165) is 19.6 Å². The Labute approximate surface area is 154 Å². The molecular formula is C18H27ClN4S. The van der Waals surface area contributed by atoms with Crippen molar-refractivity contribution >= 4 is 28.9 Å². The van der Waals surface area contributed by atoms with Gasteiger partial charge in [0.1, 0.15) is 0 Å². The summed E-state index contributed by atoms with van der Waals surface area (Å²) in [6.45, 7) is 6.35. The molecule has 24 heavy (non-hydrogen) atoms. The van der Waals surface area contributed by atoms with Crippen LogP contribution in [0.1, 0.15) is 42.2 Å². The van der Waals surface area contributed by atoms with E-state index in [2.05, 4.69) is 46.4 Å². The maximum absolute atomic E-state index is 5.68. The quantitative estimate of drug-likeness (QED) is 0.816. The van der Waals surface area contributed by atoms with Gasteiger partial charge in [-0.25, -0.2) is 4.98 Å². The van der Waals surface area contributed by atoms with Gasteiger partial charge in [0.05, 0.1) is 0 Å². The van der Waals surface area contributed by atoms with E-state index in [1.165, 1.54) is 41.8 Å². The Balaban J connectivity index is 0.00000208. The van der Waals surface area contributed by atoms with Crippen LogP contribution in [0.25, 0.3) is 0 Å². The van der Waals surface area contributed by atoms with Crippen molar-refractivity contribution in [2.24, 2.45) is 0 Å². The fourth-order valence-corrected chi connectivity index (χ4v) is 3.87. The number of nitrogens with one attached hydrogen (secondary N) is 1. The number of thiazole rings is 1. The van der Waals surface area contributed by atoms with E-state index in [0.29, 0.717) is 11.2 Å². The summed E-state index contributed by atoms with van der Waals surface area (Å²) >= 11 is 1.55. The van der Waals surface area contributed by atoms with Crippen LogP contribution in [0.4, 0.5) is 5.13 Å². The molecule has 132 valence electrons. The smallest absolute Gasteiger partial charge is 0.180 e. The lowest BCUT2D eigenvalue weighted by Crippen LogP contribution is -2.37. The third kappa shape index (κ3) is 5.18. The number of piperidine rings is 1. The Morgan fingerprint density at radius 2 is 2.04 bits per heavy atom. The van der Waals surface area contributed by atoms with Crippen LogP contribution in [-0.2, 0) is 19.6 Å². The zero-order valence-electron chi connectivity index (χ0n) is 14.2. The van der Waals surface area contributed by atoms with Crippen LogP contribution in [0.5, 0.6) is 0 Å². The molecular weight excluding hydrogens is 340 g/mol. The Morgan fingerprint density at radius 1 is 1.25 bits per heavy atom. The Bertz CT molecular complexity index is 631. The minimum absolute atomic E-state index is 0. The summed E-state index contributed by atoms with van der Waals surface area (Å²) in [4.78, 5) is 7.90. The summed E-state index contributed by atoms with van der Waals surface area (Å²) in [6, 6.07) is 9.48. The molecule has 0 saturated carbocycles. The zero-order valence-corrected chi connectivity index (χ0v) is 15.8. The Kier molecular flexibility index (Phi) is 7.49. The monoisotopic (exact) mass is 366 g/mol. The highest BCUT2D eigenvalue weighted by Gasteiger charge is 2.18. The summed E-state index contributed by atoms with van der Waals surface area (Å²) in [6.07, 6.45) is 5.89. The SMILES string of the molecule is CC1CCCCN1Cc1ccccc1CNCc1cnc(N)s1.Cl. The van der Waals surface area contributed by atoms with Crippen molar-refractivity contribution in [2.45, 2.75) is 51.9 Å². The van der Waals surface area contributed by atoms with Gasteiger partial charge in [0, 0.05) is 36.8 Å². The maximum Gasteiger partial charge on any atom is 0.180 e. The molecule has 3 N–H and O–H groups in total. The van der Waals surface area contributed by atoms with E-state index in [1.54, 1.807) is 11.3 Å². The summed E-state index contributed by atoms with van der Waals surface area (Å²) in [5.41, 5.74) is 8.51. The molecule has 1 aliphatic rings. The third-order valence-corrected chi connectivity index (χ3v) is 5.45. The number of likely N-dealkylation sites (tertiary alicyclic amines) is 1. The molecule has 1 saturated heterocycles. The van der Waals surface area contributed by atoms with Crippen LogP contribution in [0.2, 0.25) is 0 Å². The first-order chi connectivity index (χ1) is 11.2. The van der Waals surface area contributed by atoms with E-state index >= 15 is 0 Å². The number of aromatic nitrogens is 1. The number of hydrogen-bond acceptors (Lipinski definition) is 5. The average Bonchev–Trinajstić information content (AvgIpc) is 2.97. The first-order valence-corrected chi connectivity index (χ1v) is 9.26. The molecule has 1 unspecified atom stereocenters. The highest BCUT2D eigenvalue weighted by Crippen LogP contribution is 2.21. The summed E-state index contributed by atoms with van der Waals surface area (Å²) in [5, 5.41) is 4.16. The standard InChI is InChI=1S/C18H26N4S.ClH/c1-14-6-4-5-9-22(14)13-16-8-3-2-7-15(16)10-20-11-17-12-21-18(19)23-17;/h2-3,7-8,12,14,20H,4-6,9-11,13H2,1H3,(H2,19,21);1H.